The van der Waals surface area contributed by atoms with E-state index in [9.17, 15) is 9.59 Å². The van der Waals surface area contributed by atoms with Gasteiger partial charge < -0.3 is 4.74 Å². The molecule has 2 amide bonds. The number of amides is 2. The Bertz CT molecular complexity index is 678. The monoisotopic (exact) mass is 338 g/mol. The lowest BCUT2D eigenvalue weighted by molar-refractivity contribution is -0.123. The summed E-state index contributed by atoms with van der Waals surface area (Å²) in [6, 6.07) is 13.2. The highest BCUT2D eigenvalue weighted by atomic mass is 35.5. The third kappa shape index (κ3) is 4.65. The maximum Gasteiger partial charge on any atom is 0.276 e. The van der Waals surface area contributed by atoms with Crippen LogP contribution in [0.25, 0.3) is 0 Å². The predicted octanol–water partition coefficient (Wildman–Crippen LogP) is 2.83. The Kier molecular flexibility index (Phi) is 5.63. The van der Waals surface area contributed by atoms with Gasteiger partial charge in [-0.05, 0) is 30.3 Å². The summed E-state index contributed by atoms with van der Waals surface area (Å²) in [5.41, 5.74) is 4.97. The van der Waals surface area contributed by atoms with Gasteiger partial charge in [0.2, 0.25) is 0 Å². The quantitative estimate of drug-likeness (QED) is 0.842. The average molecular weight is 339 g/mol. The molecule has 0 fully saturated rings. The van der Waals surface area contributed by atoms with Crippen molar-refractivity contribution in [2.75, 3.05) is 6.61 Å². The number of hydrogen-bond acceptors (Lipinski definition) is 3. The molecule has 0 spiro atoms. The highest BCUT2D eigenvalue weighted by Crippen LogP contribution is 2.27. The molecule has 0 saturated carbocycles. The molecular formula is C15H12Cl2N2O3. The number of nitrogens with one attached hydrogen (secondary N) is 2. The molecular weight excluding hydrogens is 327 g/mol. The van der Waals surface area contributed by atoms with Crippen LogP contribution < -0.4 is 15.6 Å². The second-order valence-corrected chi connectivity index (χ2v) is 5.08. The first kappa shape index (κ1) is 16.1. The van der Waals surface area contributed by atoms with E-state index in [1.54, 1.807) is 42.5 Å². The van der Waals surface area contributed by atoms with Crippen LogP contribution in [0.15, 0.2) is 48.5 Å². The van der Waals surface area contributed by atoms with Crippen molar-refractivity contribution in [3.05, 3.63) is 64.1 Å². The topological polar surface area (TPSA) is 67.4 Å². The third-order valence-corrected chi connectivity index (χ3v) is 3.13. The molecule has 0 aliphatic rings. The van der Waals surface area contributed by atoms with Gasteiger partial charge in [-0.2, -0.15) is 0 Å². The molecule has 2 aromatic carbocycles. The summed E-state index contributed by atoms with van der Waals surface area (Å²) in [6.07, 6.45) is 0. The van der Waals surface area contributed by atoms with Gasteiger partial charge in [0.1, 0.15) is 5.75 Å². The minimum absolute atomic E-state index is 0.295. The molecule has 2 aromatic rings. The summed E-state index contributed by atoms with van der Waals surface area (Å²) < 4.78 is 5.24. The van der Waals surface area contributed by atoms with E-state index in [0.717, 1.165) is 0 Å². The van der Waals surface area contributed by atoms with Crippen molar-refractivity contribution in [1.82, 2.24) is 10.9 Å². The van der Waals surface area contributed by atoms with Crippen molar-refractivity contribution >= 4 is 35.0 Å². The lowest BCUT2D eigenvalue weighted by Crippen LogP contribution is -2.43. The van der Waals surface area contributed by atoms with E-state index in [1.165, 1.54) is 6.07 Å². The molecule has 5 nitrogen and oxygen atoms in total. The zero-order valence-electron chi connectivity index (χ0n) is 11.3. The minimum Gasteiger partial charge on any atom is -0.482 e. The van der Waals surface area contributed by atoms with Crippen LogP contribution in [-0.2, 0) is 4.79 Å². The second kappa shape index (κ2) is 7.68. The van der Waals surface area contributed by atoms with Crippen LogP contribution in [0.3, 0.4) is 0 Å². The van der Waals surface area contributed by atoms with E-state index in [0.29, 0.717) is 21.4 Å². The molecule has 0 aliphatic heterocycles. The first-order valence-corrected chi connectivity index (χ1v) is 7.04. The van der Waals surface area contributed by atoms with E-state index in [1.807, 2.05) is 0 Å². The number of benzene rings is 2. The van der Waals surface area contributed by atoms with Gasteiger partial charge in [0.05, 0.1) is 5.02 Å². The van der Waals surface area contributed by atoms with Gasteiger partial charge in [-0.1, -0.05) is 41.4 Å². The summed E-state index contributed by atoms with van der Waals surface area (Å²) >= 11 is 11.7. The van der Waals surface area contributed by atoms with Gasteiger partial charge in [-0.15, -0.1) is 0 Å². The number of rotatable bonds is 4. The van der Waals surface area contributed by atoms with E-state index < -0.39 is 11.8 Å². The van der Waals surface area contributed by atoms with Crippen LogP contribution in [0, 0.1) is 0 Å². The summed E-state index contributed by atoms with van der Waals surface area (Å²) in [5.74, 6) is -0.607. The zero-order valence-corrected chi connectivity index (χ0v) is 12.8. The van der Waals surface area contributed by atoms with E-state index in [2.05, 4.69) is 10.9 Å². The highest BCUT2D eigenvalue weighted by Gasteiger charge is 2.08. The largest absolute Gasteiger partial charge is 0.482 e. The van der Waals surface area contributed by atoms with E-state index >= 15 is 0 Å². The molecule has 0 saturated heterocycles. The molecule has 7 heteroatoms. The molecule has 0 heterocycles. The zero-order chi connectivity index (χ0) is 15.9. The highest BCUT2D eigenvalue weighted by molar-refractivity contribution is 6.35. The Balaban J connectivity index is 1.80. The predicted molar refractivity (Wildman–Crippen MR) is 84.0 cm³/mol. The summed E-state index contributed by atoms with van der Waals surface area (Å²) in [4.78, 5) is 23.3. The van der Waals surface area contributed by atoms with Gasteiger partial charge in [-0.25, -0.2) is 0 Å². The second-order valence-electron chi connectivity index (χ2n) is 4.23. The lowest BCUT2D eigenvalue weighted by atomic mass is 10.2. The van der Waals surface area contributed by atoms with Gasteiger partial charge in [0.15, 0.2) is 6.61 Å². The summed E-state index contributed by atoms with van der Waals surface area (Å²) in [6.45, 7) is -0.295. The van der Waals surface area contributed by atoms with Crippen molar-refractivity contribution in [1.29, 1.82) is 0 Å². The SMILES string of the molecule is O=C(COc1ccc(Cl)cc1Cl)NNC(=O)c1ccccc1. The molecule has 0 aliphatic carbocycles. The molecule has 0 unspecified atom stereocenters. The van der Waals surface area contributed by atoms with Crippen molar-refractivity contribution < 1.29 is 14.3 Å². The van der Waals surface area contributed by atoms with Crippen molar-refractivity contribution in [2.24, 2.45) is 0 Å². The molecule has 0 bridgehead atoms. The fourth-order valence-corrected chi connectivity index (χ4v) is 2.02. The van der Waals surface area contributed by atoms with Crippen LogP contribution >= 0.6 is 23.2 Å². The molecule has 2 N–H and O–H groups in total. The molecule has 0 atom stereocenters. The average Bonchev–Trinajstić information content (AvgIpc) is 2.52. The van der Waals surface area contributed by atoms with Crippen LogP contribution in [0.1, 0.15) is 10.4 Å². The van der Waals surface area contributed by atoms with Crippen LogP contribution in [0.5, 0.6) is 5.75 Å². The minimum atomic E-state index is -0.518. The molecule has 114 valence electrons. The number of hydrogen-bond donors (Lipinski definition) is 2. The van der Waals surface area contributed by atoms with Crippen molar-refractivity contribution in [3.8, 4) is 5.75 Å². The van der Waals surface area contributed by atoms with Crippen LogP contribution in [0.2, 0.25) is 10.0 Å². The number of hydrazine groups is 1. The van der Waals surface area contributed by atoms with Gasteiger partial charge >= 0.3 is 0 Å². The Morgan fingerprint density at radius 3 is 2.41 bits per heavy atom. The summed E-state index contributed by atoms with van der Waals surface area (Å²) in [5, 5.41) is 0.769. The van der Waals surface area contributed by atoms with Crippen molar-refractivity contribution in [3.63, 3.8) is 0 Å². The van der Waals surface area contributed by atoms with E-state index in [4.69, 9.17) is 27.9 Å². The first-order valence-electron chi connectivity index (χ1n) is 6.28. The van der Waals surface area contributed by atoms with E-state index in [-0.39, 0.29) is 6.61 Å². The number of carbonyl (C=O) groups is 2. The van der Waals surface area contributed by atoms with Crippen LogP contribution in [-0.4, -0.2) is 18.4 Å². The molecule has 0 aromatic heterocycles. The van der Waals surface area contributed by atoms with Gasteiger partial charge in [0.25, 0.3) is 11.8 Å². The smallest absolute Gasteiger partial charge is 0.276 e. The number of halogens is 2. The first-order chi connectivity index (χ1) is 10.6. The van der Waals surface area contributed by atoms with Crippen molar-refractivity contribution in [2.45, 2.75) is 0 Å². The lowest BCUT2D eigenvalue weighted by Gasteiger charge is -2.10. The maximum atomic E-state index is 11.7. The molecule has 22 heavy (non-hydrogen) atoms. The maximum absolute atomic E-state index is 11.7. The Morgan fingerprint density at radius 2 is 1.73 bits per heavy atom. The van der Waals surface area contributed by atoms with Gasteiger partial charge in [0, 0.05) is 10.6 Å². The molecule has 2 rings (SSSR count). The Labute approximate surface area is 137 Å². The fourth-order valence-electron chi connectivity index (χ4n) is 1.56. The fraction of sp³-hybridized carbons (Fsp3) is 0.0667. The third-order valence-electron chi connectivity index (χ3n) is 2.60. The summed E-state index contributed by atoms with van der Waals surface area (Å²) in [7, 11) is 0. The standard InChI is InChI=1S/C15H12Cl2N2O3/c16-11-6-7-13(12(17)8-11)22-9-14(20)18-19-15(21)10-4-2-1-3-5-10/h1-8H,9H2,(H,18,20)(H,19,21). The normalized spacial score (nSPS) is 9.91. The van der Waals surface area contributed by atoms with Crippen LogP contribution in [0.4, 0.5) is 0 Å². The number of carbonyl (C=O) groups excluding carboxylic acids is 2. The molecule has 0 radical (unpaired) electrons. The number of ether oxygens (including phenoxy) is 1. The Hall–Kier alpha value is -2.24. The van der Waals surface area contributed by atoms with Gasteiger partial charge in [-0.3, -0.25) is 20.4 Å². The Morgan fingerprint density at radius 1 is 1.00 bits per heavy atom.